The number of piperidine rings is 1. The predicted molar refractivity (Wildman–Crippen MR) is 85.9 cm³/mol. The molecule has 4 heteroatoms. The lowest BCUT2D eigenvalue weighted by molar-refractivity contribution is -0.148. The van der Waals surface area contributed by atoms with Gasteiger partial charge >= 0.3 is 0 Å². The molecule has 122 valence electrons. The Bertz CT molecular complexity index is 426. The Morgan fingerprint density at radius 3 is 2.77 bits per heavy atom. The Balaban J connectivity index is 1.33. The van der Waals surface area contributed by atoms with Crippen molar-refractivity contribution in [3.8, 4) is 0 Å². The molecule has 1 aromatic carbocycles. The van der Waals surface area contributed by atoms with Crippen LogP contribution in [-0.4, -0.2) is 44.6 Å². The van der Waals surface area contributed by atoms with Gasteiger partial charge in [-0.3, -0.25) is 0 Å². The van der Waals surface area contributed by atoms with E-state index in [0.717, 1.165) is 45.4 Å². The number of hydrogen-bond donors (Lipinski definition) is 1. The van der Waals surface area contributed by atoms with E-state index >= 15 is 0 Å². The maximum atomic E-state index is 6.07. The summed E-state index contributed by atoms with van der Waals surface area (Å²) in [6.07, 6.45) is 4.59. The SMILES string of the molecule is c1ccc(COCCOC2CCOC3(CCNCC3)C2)cc1. The van der Waals surface area contributed by atoms with Crippen molar-refractivity contribution in [1.82, 2.24) is 5.32 Å². The van der Waals surface area contributed by atoms with Gasteiger partial charge in [0.1, 0.15) is 0 Å². The first-order valence-corrected chi connectivity index (χ1v) is 8.44. The summed E-state index contributed by atoms with van der Waals surface area (Å²) in [6, 6.07) is 10.3. The van der Waals surface area contributed by atoms with E-state index in [2.05, 4.69) is 17.4 Å². The van der Waals surface area contributed by atoms with E-state index in [1.54, 1.807) is 0 Å². The van der Waals surface area contributed by atoms with Crippen molar-refractivity contribution in [2.45, 2.75) is 44.0 Å². The summed E-state index contributed by atoms with van der Waals surface area (Å²) in [6.45, 7) is 4.94. The first kappa shape index (κ1) is 15.9. The Kier molecular flexibility index (Phi) is 5.84. The molecule has 2 aliphatic heterocycles. The highest BCUT2D eigenvalue weighted by Gasteiger charge is 2.38. The van der Waals surface area contributed by atoms with Crippen molar-refractivity contribution in [2.24, 2.45) is 0 Å². The zero-order valence-corrected chi connectivity index (χ0v) is 13.3. The van der Waals surface area contributed by atoms with Crippen LogP contribution in [0.4, 0.5) is 0 Å². The summed E-state index contributed by atoms with van der Waals surface area (Å²) < 4.78 is 17.8. The van der Waals surface area contributed by atoms with E-state index in [9.17, 15) is 0 Å². The molecule has 0 aliphatic carbocycles. The minimum atomic E-state index is 0.0685. The quantitative estimate of drug-likeness (QED) is 0.820. The van der Waals surface area contributed by atoms with E-state index in [1.807, 2.05) is 18.2 Å². The zero-order valence-electron chi connectivity index (χ0n) is 13.3. The van der Waals surface area contributed by atoms with Gasteiger partial charge in [0.05, 0.1) is 31.5 Å². The van der Waals surface area contributed by atoms with E-state index in [0.29, 0.717) is 25.9 Å². The second-order valence-electron chi connectivity index (χ2n) is 6.31. The van der Waals surface area contributed by atoms with Gasteiger partial charge in [0, 0.05) is 13.0 Å². The zero-order chi connectivity index (χ0) is 15.1. The topological polar surface area (TPSA) is 39.7 Å². The molecular weight excluding hydrogens is 278 g/mol. The second-order valence-corrected chi connectivity index (χ2v) is 6.31. The first-order valence-electron chi connectivity index (χ1n) is 8.44. The third-order valence-electron chi connectivity index (χ3n) is 4.66. The molecule has 1 unspecified atom stereocenters. The van der Waals surface area contributed by atoms with Crippen molar-refractivity contribution >= 4 is 0 Å². The Morgan fingerprint density at radius 2 is 1.95 bits per heavy atom. The smallest absolute Gasteiger partial charge is 0.0731 e. The fourth-order valence-electron chi connectivity index (χ4n) is 3.39. The average Bonchev–Trinajstić information content (AvgIpc) is 2.56. The maximum Gasteiger partial charge on any atom is 0.0731 e. The number of hydrogen-bond acceptors (Lipinski definition) is 4. The highest BCUT2D eigenvalue weighted by Crippen LogP contribution is 2.34. The summed E-state index contributed by atoms with van der Waals surface area (Å²) in [5, 5.41) is 3.41. The number of ether oxygens (including phenoxy) is 3. The molecule has 0 amide bonds. The Hall–Kier alpha value is -0.940. The molecule has 4 nitrogen and oxygen atoms in total. The summed E-state index contributed by atoms with van der Waals surface area (Å²) in [7, 11) is 0. The van der Waals surface area contributed by atoms with Crippen molar-refractivity contribution in [2.75, 3.05) is 32.9 Å². The highest BCUT2D eigenvalue weighted by atomic mass is 16.5. The lowest BCUT2D eigenvalue weighted by atomic mass is 9.84. The van der Waals surface area contributed by atoms with Crippen molar-refractivity contribution < 1.29 is 14.2 Å². The minimum Gasteiger partial charge on any atom is -0.376 e. The molecule has 1 N–H and O–H groups in total. The van der Waals surface area contributed by atoms with Gasteiger partial charge in [0.25, 0.3) is 0 Å². The maximum absolute atomic E-state index is 6.07. The summed E-state index contributed by atoms with van der Waals surface area (Å²) in [5.41, 5.74) is 1.28. The monoisotopic (exact) mass is 305 g/mol. The van der Waals surface area contributed by atoms with E-state index in [-0.39, 0.29) is 5.60 Å². The fourth-order valence-corrected chi connectivity index (χ4v) is 3.39. The molecule has 0 saturated carbocycles. The molecule has 2 aliphatic rings. The molecule has 2 heterocycles. The minimum absolute atomic E-state index is 0.0685. The van der Waals surface area contributed by atoms with Crippen LogP contribution < -0.4 is 5.32 Å². The standard InChI is InChI=1S/C18H27NO3/c1-2-4-16(5-3-1)15-20-12-13-21-17-6-11-22-18(14-17)7-9-19-10-8-18/h1-5,17,19H,6-15H2. The van der Waals surface area contributed by atoms with Crippen LogP contribution in [0, 0.1) is 0 Å². The largest absolute Gasteiger partial charge is 0.376 e. The van der Waals surface area contributed by atoms with Gasteiger partial charge in [-0.2, -0.15) is 0 Å². The molecule has 2 saturated heterocycles. The molecule has 3 rings (SSSR count). The van der Waals surface area contributed by atoms with E-state index in [1.165, 1.54) is 5.56 Å². The second kappa shape index (κ2) is 8.06. The van der Waals surface area contributed by atoms with Gasteiger partial charge < -0.3 is 19.5 Å². The van der Waals surface area contributed by atoms with Gasteiger partial charge in [-0.25, -0.2) is 0 Å². The van der Waals surface area contributed by atoms with E-state index in [4.69, 9.17) is 14.2 Å². The van der Waals surface area contributed by atoms with Crippen LogP contribution in [0.15, 0.2) is 30.3 Å². The molecule has 22 heavy (non-hydrogen) atoms. The van der Waals surface area contributed by atoms with Crippen LogP contribution in [0.25, 0.3) is 0 Å². The van der Waals surface area contributed by atoms with Crippen molar-refractivity contribution in [3.63, 3.8) is 0 Å². The van der Waals surface area contributed by atoms with Crippen LogP contribution in [0.3, 0.4) is 0 Å². The van der Waals surface area contributed by atoms with Crippen LogP contribution in [0.1, 0.15) is 31.2 Å². The highest BCUT2D eigenvalue weighted by molar-refractivity contribution is 5.13. The van der Waals surface area contributed by atoms with Crippen LogP contribution in [0.2, 0.25) is 0 Å². The Labute approximate surface area is 133 Å². The normalized spacial score (nSPS) is 24.5. The average molecular weight is 305 g/mol. The molecular formula is C18H27NO3. The fraction of sp³-hybridized carbons (Fsp3) is 0.667. The predicted octanol–water partition coefficient (Wildman–Crippen LogP) is 2.52. The lowest BCUT2D eigenvalue weighted by Crippen LogP contribution is -2.49. The molecule has 0 radical (unpaired) electrons. The molecule has 0 bridgehead atoms. The van der Waals surface area contributed by atoms with Crippen molar-refractivity contribution in [3.05, 3.63) is 35.9 Å². The lowest BCUT2D eigenvalue weighted by Gasteiger charge is -2.43. The summed E-state index contributed by atoms with van der Waals surface area (Å²) in [5.74, 6) is 0. The van der Waals surface area contributed by atoms with Crippen LogP contribution in [0.5, 0.6) is 0 Å². The van der Waals surface area contributed by atoms with E-state index < -0.39 is 0 Å². The van der Waals surface area contributed by atoms with Gasteiger partial charge in [0.15, 0.2) is 0 Å². The van der Waals surface area contributed by atoms with Gasteiger partial charge in [0.2, 0.25) is 0 Å². The van der Waals surface area contributed by atoms with Crippen LogP contribution >= 0.6 is 0 Å². The summed E-state index contributed by atoms with van der Waals surface area (Å²) in [4.78, 5) is 0. The number of rotatable bonds is 6. The van der Waals surface area contributed by atoms with Gasteiger partial charge in [-0.15, -0.1) is 0 Å². The van der Waals surface area contributed by atoms with Gasteiger partial charge in [-0.05, 0) is 37.9 Å². The molecule has 1 spiro atoms. The molecule has 1 aromatic rings. The van der Waals surface area contributed by atoms with Crippen molar-refractivity contribution in [1.29, 1.82) is 0 Å². The summed E-state index contributed by atoms with van der Waals surface area (Å²) >= 11 is 0. The van der Waals surface area contributed by atoms with Crippen LogP contribution in [-0.2, 0) is 20.8 Å². The third kappa shape index (κ3) is 4.53. The number of benzene rings is 1. The Morgan fingerprint density at radius 1 is 1.14 bits per heavy atom. The van der Waals surface area contributed by atoms with Gasteiger partial charge in [-0.1, -0.05) is 30.3 Å². The molecule has 1 atom stereocenters. The molecule has 0 aromatic heterocycles. The number of nitrogens with one attached hydrogen (secondary N) is 1. The first-order chi connectivity index (χ1) is 10.9. The molecule has 2 fully saturated rings. The third-order valence-corrected chi connectivity index (χ3v) is 4.66.